The van der Waals surface area contributed by atoms with Crippen molar-refractivity contribution in [3.63, 3.8) is 0 Å². The Morgan fingerprint density at radius 2 is 0.909 bits per heavy atom. The zero-order valence-corrected chi connectivity index (χ0v) is 13.2. The zero-order chi connectivity index (χ0) is 8.08. The Balaban J connectivity index is -0.0000000383. The molecule has 5 nitrogen and oxygen atoms in total. The van der Waals surface area contributed by atoms with Gasteiger partial charge >= 0.3 is 71.6 Å². The third-order valence-corrected chi connectivity index (χ3v) is 0. The summed E-state index contributed by atoms with van der Waals surface area (Å²) >= 11 is -7.69. The first-order valence-corrected chi connectivity index (χ1v) is 11.3. The van der Waals surface area contributed by atoms with E-state index in [1.165, 1.54) is 0 Å². The minimum absolute atomic E-state index is 0. The van der Waals surface area contributed by atoms with Gasteiger partial charge in [0, 0.05) is 0 Å². The van der Waals surface area contributed by atoms with Crippen molar-refractivity contribution in [2.24, 2.45) is 0 Å². The molecule has 0 aromatic rings. The third kappa shape index (κ3) is 173. The molecule has 11 heteroatoms. The summed E-state index contributed by atoms with van der Waals surface area (Å²) in [6, 6.07) is 0. The molecule has 0 aliphatic heterocycles. The molecule has 0 unspecified atom stereocenters. The SMILES string of the molecule is O.[Cl][Ru]([Cl])[Cl].[Na+].[O-][I+3]([O-])([O-])[O-]. The molecular formula is H2Cl3INaO5Ru. The Morgan fingerprint density at radius 1 is 0.909 bits per heavy atom. The summed E-state index contributed by atoms with van der Waals surface area (Å²) in [6.07, 6.45) is 0. The van der Waals surface area contributed by atoms with Gasteiger partial charge in [0.25, 0.3) is 0 Å². The van der Waals surface area contributed by atoms with Crippen LogP contribution in [0.15, 0.2) is 0 Å². The van der Waals surface area contributed by atoms with Gasteiger partial charge in [0.2, 0.25) is 0 Å². The summed E-state index contributed by atoms with van der Waals surface area (Å²) in [5.41, 5.74) is 0. The van der Waals surface area contributed by atoms with Crippen molar-refractivity contribution in [2.45, 2.75) is 0 Å². The van der Waals surface area contributed by atoms with E-state index in [2.05, 4.69) is 0 Å². The monoisotopic (exact) mass is 439 g/mol. The molecule has 0 radical (unpaired) electrons. The maximum absolute atomic E-state index is 8.62. The van der Waals surface area contributed by atoms with Crippen molar-refractivity contribution in [3.8, 4) is 0 Å². The van der Waals surface area contributed by atoms with Crippen LogP contribution in [0.4, 0.5) is 0 Å². The van der Waals surface area contributed by atoms with Gasteiger partial charge in [-0.25, -0.2) is 0 Å². The average Bonchev–Trinajstić information content (AvgIpc) is 1.19. The minimum atomic E-state index is -5.94. The van der Waals surface area contributed by atoms with E-state index in [4.69, 9.17) is 42.8 Å². The Labute approximate surface area is 109 Å². The van der Waals surface area contributed by atoms with Crippen LogP contribution in [0.2, 0.25) is 0 Å². The van der Waals surface area contributed by atoms with Crippen molar-refractivity contribution in [1.82, 2.24) is 0 Å². The van der Waals surface area contributed by atoms with Gasteiger partial charge in [-0.15, -0.1) is 0 Å². The molecule has 2 N–H and O–H groups in total. The second-order valence-electron chi connectivity index (χ2n) is 0.529. The van der Waals surface area contributed by atoms with Crippen LogP contribution in [0.25, 0.3) is 0 Å². The van der Waals surface area contributed by atoms with Gasteiger partial charge in [-0.1, -0.05) is 0 Å². The molecule has 11 heavy (non-hydrogen) atoms. The molecule has 69 valence electrons. The normalized spacial score (nSPS) is 9.55. The zero-order valence-electron chi connectivity index (χ0n) is 5.00. The van der Waals surface area contributed by atoms with Crippen LogP contribution in [0.1, 0.15) is 0 Å². The molecule has 0 atom stereocenters. The van der Waals surface area contributed by atoms with Crippen LogP contribution in [0.3, 0.4) is 0 Å². The van der Waals surface area contributed by atoms with Crippen LogP contribution in [-0.4, -0.2) is 5.48 Å². The van der Waals surface area contributed by atoms with E-state index in [-0.39, 0.29) is 35.0 Å². The van der Waals surface area contributed by atoms with Crippen LogP contribution < -0.4 is 63.4 Å². The fourth-order valence-electron chi connectivity index (χ4n) is 0. The molecule has 0 aliphatic rings. The van der Waals surface area contributed by atoms with Crippen LogP contribution >= 0.6 is 29.1 Å². The standard InChI is InChI=1S/3ClH.IO4.Na.H2O.Ru/c;;;2-1(3,4)5;;;/h3*1H;;;1H2;/q;;;-1;+1;;+3/p-3. The third-order valence-electron chi connectivity index (χ3n) is 0. The van der Waals surface area contributed by atoms with Crippen molar-refractivity contribution < 1.29 is 81.8 Å². The van der Waals surface area contributed by atoms with E-state index in [0.717, 1.165) is 0 Å². The van der Waals surface area contributed by atoms with Gasteiger partial charge in [-0.3, -0.25) is 13.7 Å². The summed E-state index contributed by atoms with van der Waals surface area (Å²) in [5.74, 6) is 0. The number of hydrogen-bond donors (Lipinski definition) is 0. The molecular weight excluding hydrogens is 437 g/mol. The van der Waals surface area contributed by atoms with E-state index < -0.39 is 33.1 Å². The minimum Gasteiger partial charge on any atom is -0.286 e. The van der Waals surface area contributed by atoms with Gasteiger partial charge in [0.05, 0.1) is 0 Å². The summed E-state index contributed by atoms with van der Waals surface area (Å²) in [7, 11) is 14.8. The van der Waals surface area contributed by atoms with Crippen molar-refractivity contribution in [3.05, 3.63) is 0 Å². The van der Waals surface area contributed by atoms with E-state index in [9.17, 15) is 0 Å². The van der Waals surface area contributed by atoms with Crippen molar-refractivity contribution in [2.75, 3.05) is 0 Å². The predicted octanol–water partition coefficient (Wildman–Crippen LogP) is -9.51. The molecule has 0 aromatic heterocycles. The summed E-state index contributed by atoms with van der Waals surface area (Å²) < 4.78 is 34.5. The molecule has 0 heterocycles. The van der Waals surface area contributed by atoms with Crippen LogP contribution in [0.5, 0.6) is 0 Å². The van der Waals surface area contributed by atoms with Crippen molar-refractivity contribution in [1.29, 1.82) is 0 Å². The van der Waals surface area contributed by atoms with Gasteiger partial charge in [-0.2, -0.15) is 0 Å². The number of halogens is 4. The van der Waals surface area contributed by atoms with E-state index in [0.29, 0.717) is 0 Å². The second kappa shape index (κ2) is 13.0. The molecule has 0 spiro atoms. The maximum atomic E-state index is 8.62. The number of rotatable bonds is 0. The van der Waals surface area contributed by atoms with Gasteiger partial charge in [0.15, 0.2) is 0 Å². The summed E-state index contributed by atoms with van der Waals surface area (Å²) in [6.45, 7) is 0. The smallest absolute Gasteiger partial charge is 0.286 e. The molecule has 0 fully saturated rings. The Bertz CT molecular complexity index is 58.5. The molecule has 0 aliphatic carbocycles. The first kappa shape index (κ1) is 23.7. The molecule has 0 saturated carbocycles. The molecule has 0 aromatic carbocycles. The van der Waals surface area contributed by atoms with Crippen LogP contribution in [-0.2, 0) is 13.0 Å². The molecule has 0 amide bonds. The molecule has 0 bridgehead atoms. The topological polar surface area (TPSA) is 124 Å². The fraction of sp³-hybridized carbons (Fsp3) is 0. The largest absolute Gasteiger partial charge is 1.00 e. The fourth-order valence-corrected chi connectivity index (χ4v) is 0. The summed E-state index contributed by atoms with van der Waals surface area (Å²) in [4.78, 5) is 0. The summed E-state index contributed by atoms with van der Waals surface area (Å²) in [5, 5.41) is 0. The predicted molar refractivity (Wildman–Crippen MR) is 21.2 cm³/mol. The van der Waals surface area contributed by atoms with Crippen LogP contribution in [0, 0.1) is 0 Å². The second-order valence-corrected chi connectivity index (χ2v) is 10.6. The Kier molecular flexibility index (Phi) is 28.0. The average molecular weight is 439 g/mol. The molecule has 0 rings (SSSR count). The van der Waals surface area contributed by atoms with E-state index >= 15 is 0 Å². The van der Waals surface area contributed by atoms with Crippen molar-refractivity contribution >= 4 is 29.1 Å². The van der Waals surface area contributed by atoms with E-state index in [1.807, 2.05) is 0 Å². The quantitative estimate of drug-likeness (QED) is 0.275. The van der Waals surface area contributed by atoms with Gasteiger partial charge in [0.1, 0.15) is 20.1 Å². The maximum Gasteiger partial charge on any atom is 1.00 e. The van der Waals surface area contributed by atoms with E-state index in [1.54, 1.807) is 0 Å². The Hall–Kier alpha value is 3.02. The first-order chi connectivity index (χ1) is 3.73. The number of hydrogen-bond acceptors (Lipinski definition) is 4. The first-order valence-electron chi connectivity index (χ1n) is 1.02. The van der Waals surface area contributed by atoms with Gasteiger partial charge < -0.3 is 5.48 Å². The Morgan fingerprint density at radius 3 is 0.909 bits per heavy atom. The van der Waals surface area contributed by atoms with Gasteiger partial charge in [-0.05, 0) is 0 Å². The molecule has 0 saturated heterocycles.